The van der Waals surface area contributed by atoms with Crippen molar-refractivity contribution in [3.8, 4) is 0 Å². The Kier molecular flexibility index (Phi) is 3.22. The first kappa shape index (κ1) is 12.8. The van der Waals surface area contributed by atoms with Crippen LogP contribution in [0.4, 0.5) is 0 Å². The van der Waals surface area contributed by atoms with Crippen LogP contribution in [0.1, 0.15) is 36.5 Å². The topological polar surface area (TPSA) is 67.6 Å². The molecule has 0 bridgehead atoms. The molecule has 0 saturated carbocycles. The standard InChI is InChI=1S/C14H16N4O2/c1-10(19)7-11-3-2-5-17(11)14(20)12-8-16-18-6-4-15-9-13(12)18/h4,6,8-9,11H,2-3,5,7H2,1H3. The van der Waals surface area contributed by atoms with Crippen LogP contribution < -0.4 is 0 Å². The molecule has 0 N–H and O–H groups in total. The van der Waals surface area contributed by atoms with Crippen LogP contribution in [0.15, 0.2) is 24.8 Å². The highest BCUT2D eigenvalue weighted by Gasteiger charge is 2.31. The third kappa shape index (κ3) is 2.17. The summed E-state index contributed by atoms with van der Waals surface area (Å²) in [6, 6.07) is 0.0200. The number of fused-ring (bicyclic) bond motifs is 1. The van der Waals surface area contributed by atoms with Gasteiger partial charge in [0.2, 0.25) is 0 Å². The van der Waals surface area contributed by atoms with Gasteiger partial charge in [0, 0.05) is 31.4 Å². The molecule has 1 unspecified atom stereocenters. The van der Waals surface area contributed by atoms with Crippen molar-refractivity contribution in [2.45, 2.75) is 32.2 Å². The number of carbonyl (C=O) groups is 2. The molecule has 1 aliphatic heterocycles. The second kappa shape index (κ2) is 5.03. The summed E-state index contributed by atoms with van der Waals surface area (Å²) in [5, 5.41) is 4.16. The Labute approximate surface area is 116 Å². The minimum atomic E-state index is -0.0586. The van der Waals surface area contributed by atoms with Crippen molar-refractivity contribution in [3.05, 3.63) is 30.4 Å². The molecule has 6 nitrogen and oxygen atoms in total. The first-order chi connectivity index (χ1) is 9.66. The summed E-state index contributed by atoms with van der Waals surface area (Å²) in [6.45, 7) is 2.27. The zero-order valence-electron chi connectivity index (χ0n) is 11.3. The summed E-state index contributed by atoms with van der Waals surface area (Å²) >= 11 is 0. The molecular weight excluding hydrogens is 256 g/mol. The maximum atomic E-state index is 12.6. The van der Waals surface area contributed by atoms with Gasteiger partial charge in [-0.05, 0) is 19.8 Å². The smallest absolute Gasteiger partial charge is 0.258 e. The highest BCUT2D eigenvalue weighted by molar-refractivity contribution is 6.00. The molecule has 3 heterocycles. The fourth-order valence-corrected chi connectivity index (χ4v) is 2.80. The first-order valence-electron chi connectivity index (χ1n) is 6.74. The summed E-state index contributed by atoms with van der Waals surface area (Å²) in [5.41, 5.74) is 1.25. The van der Waals surface area contributed by atoms with E-state index in [1.54, 1.807) is 41.1 Å². The van der Waals surface area contributed by atoms with Gasteiger partial charge in [0.25, 0.3) is 5.91 Å². The molecule has 1 fully saturated rings. The van der Waals surface area contributed by atoms with Crippen LogP contribution in [0.25, 0.3) is 5.52 Å². The van der Waals surface area contributed by atoms with Crippen LogP contribution in [-0.2, 0) is 4.79 Å². The molecule has 6 heteroatoms. The zero-order chi connectivity index (χ0) is 14.1. The lowest BCUT2D eigenvalue weighted by atomic mass is 10.1. The normalized spacial score (nSPS) is 18.6. The molecule has 0 radical (unpaired) electrons. The van der Waals surface area contributed by atoms with Gasteiger partial charge in [0.1, 0.15) is 5.78 Å². The van der Waals surface area contributed by atoms with Crippen LogP contribution >= 0.6 is 0 Å². The van der Waals surface area contributed by atoms with E-state index in [1.165, 1.54) is 0 Å². The Morgan fingerprint density at radius 3 is 3.05 bits per heavy atom. The summed E-state index contributed by atoms with van der Waals surface area (Å²) in [5.74, 6) is 0.0629. The minimum Gasteiger partial charge on any atom is -0.335 e. The first-order valence-corrected chi connectivity index (χ1v) is 6.74. The van der Waals surface area contributed by atoms with E-state index in [4.69, 9.17) is 0 Å². The van der Waals surface area contributed by atoms with E-state index in [2.05, 4.69) is 10.1 Å². The van der Waals surface area contributed by atoms with Gasteiger partial charge >= 0.3 is 0 Å². The largest absolute Gasteiger partial charge is 0.335 e. The molecule has 20 heavy (non-hydrogen) atoms. The number of hydrogen-bond acceptors (Lipinski definition) is 4. The van der Waals surface area contributed by atoms with E-state index >= 15 is 0 Å². The van der Waals surface area contributed by atoms with Crippen LogP contribution in [-0.4, -0.2) is 43.8 Å². The maximum Gasteiger partial charge on any atom is 0.258 e. The Bertz CT molecular complexity index is 664. The molecule has 2 aromatic heterocycles. The van der Waals surface area contributed by atoms with Crippen molar-refractivity contribution in [1.82, 2.24) is 19.5 Å². The number of aromatic nitrogens is 3. The number of likely N-dealkylation sites (tertiary alicyclic amines) is 1. The van der Waals surface area contributed by atoms with Crippen molar-refractivity contribution in [3.63, 3.8) is 0 Å². The molecular formula is C14H16N4O2. The van der Waals surface area contributed by atoms with Crippen molar-refractivity contribution >= 4 is 17.2 Å². The fraction of sp³-hybridized carbons (Fsp3) is 0.429. The Balaban J connectivity index is 1.90. The second-order valence-corrected chi connectivity index (χ2v) is 5.17. The molecule has 2 aromatic rings. The van der Waals surface area contributed by atoms with Gasteiger partial charge in [-0.3, -0.25) is 14.6 Å². The van der Waals surface area contributed by atoms with E-state index < -0.39 is 0 Å². The van der Waals surface area contributed by atoms with Crippen molar-refractivity contribution in [1.29, 1.82) is 0 Å². The average Bonchev–Trinajstić information content (AvgIpc) is 3.03. The number of rotatable bonds is 3. The third-order valence-corrected chi connectivity index (χ3v) is 3.72. The summed E-state index contributed by atoms with van der Waals surface area (Å²) in [6.07, 6.45) is 8.82. The van der Waals surface area contributed by atoms with Crippen molar-refractivity contribution in [2.24, 2.45) is 0 Å². The minimum absolute atomic E-state index is 0.0200. The number of nitrogens with zero attached hydrogens (tertiary/aromatic N) is 4. The predicted molar refractivity (Wildman–Crippen MR) is 72.3 cm³/mol. The van der Waals surface area contributed by atoms with Gasteiger partial charge in [0.15, 0.2) is 0 Å². The van der Waals surface area contributed by atoms with E-state index in [1.807, 2.05) is 0 Å². The Morgan fingerprint density at radius 2 is 2.25 bits per heavy atom. The lowest BCUT2D eigenvalue weighted by molar-refractivity contribution is -0.117. The van der Waals surface area contributed by atoms with Crippen LogP contribution in [0.3, 0.4) is 0 Å². The number of ketones is 1. The quantitative estimate of drug-likeness (QED) is 0.845. The van der Waals surface area contributed by atoms with Gasteiger partial charge < -0.3 is 4.90 Å². The van der Waals surface area contributed by atoms with Crippen molar-refractivity contribution < 1.29 is 9.59 Å². The van der Waals surface area contributed by atoms with Crippen LogP contribution in [0, 0.1) is 0 Å². The number of Topliss-reactive ketones (excluding diaryl/α,β-unsaturated/α-hetero) is 1. The molecule has 0 aromatic carbocycles. The highest BCUT2D eigenvalue weighted by Crippen LogP contribution is 2.24. The zero-order valence-corrected chi connectivity index (χ0v) is 11.3. The third-order valence-electron chi connectivity index (χ3n) is 3.72. The SMILES string of the molecule is CC(=O)CC1CCCN1C(=O)c1cnn2ccncc12. The Hall–Kier alpha value is -2.24. The Morgan fingerprint density at radius 1 is 1.40 bits per heavy atom. The fourth-order valence-electron chi connectivity index (χ4n) is 2.80. The predicted octanol–water partition coefficient (Wildman–Crippen LogP) is 1.31. The van der Waals surface area contributed by atoms with Crippen LogP contribution in [0.2, 0.25) is 0 Å². The molecule has 0 aliphatic carbocycles. The van der Waals surface area contributed by atoms with Gasteiger partial charge in [-0.1, -0.05) is 0 Å². The lowest BCUT2D eigenvalue weighted by Crippen LogP contribution is -2.36. The van der Waals surface area contributed by atoms with E-state index in [-0.39, 0.29) is 17.7 Å². The maximum absolute atomic E-state index is 12.6. The monoisotopic (exact) mass is 272 g/mol. The van der Waals surface area contributed by atoms with Gasteiger partial charge in [0.05, 0.1) is 23.5 Å². The number of amides is 1. The summed E-state index contributed by atoms with van der Waals surface area (Å²) < 4.78 is 1.64. The summed E-state index contributed by atoms with van der Waals surface area (Å²) in [7, 11) is 0. The van der Waals surface area contributed by atoms with Gasteiger partial charge in [-0.25, -0.2) is 4.52 Å². The van der Waals surface area contributed by atoms with Gasteiger partial charge in [-0.15, -0.1) is 0 Å². The second-order valence-electron chi connectivity index (χ2n) is 5.17. The molecule has 1 aliphatic rings. The van der Waals surface area contributed by atoms with E-state index in [9.17, 15) is 9.59 Å². The van der Waals surface area contributed by atoms with E-state index in [0.29, 0.717) is 24.0 Å². The lowest BCUT2D eigenvalue weighted by Gasteiger charge is -2.23. The molecule has 1 atom stereocenters. The highest BCUT2D eigenvalue weighted by atomic mass is 16.2. The van der Waals surface area contributed by atoms with Crippen molar-refractivity contribution in [2.75, 3.05) is 6.54 Å². The number of carbonyl (C=O) groups excluding carboxylic acids is 2. The van der Waals surface area contributed by atoms with Crippen LogP contribution in [0.5, 0.6) is 0 Å². The molecule has 104 valence electrons. The summed E-state index contributed by atoms with van der Waals surface area (Å²) in [4.78, 5) is 29.8. The molecule has 0 spiro atoms. The average molecular weight is 272 g/mol. The van der Waals surface area contributed by atoms with E-state index in [0.717, 1.165) is 12.8 Å². The van der Waals surface area contributed by atoms with Gasteiger partial charge in [-0.2, -0.15) is 5.10 Å². The molecule has 3 rings (SSSR count). The number of hydrogen-bond donors (Lipinski definition) is 0. The molecule has 1 saturated heterocycles. The molecule has 1 amide bonds.